The maximum atomic E-state index is 10.8. The van der Waals surface area contributed by atoms with E-state index in [1.807, 2.05) is 6.07 Å². The molecular formula is C14H16N4O2S. The minimum absolute atomic E-state index is 0.00261. The highest BCUT2D eigenvalue weighted by molar-refractivity contribution is 7.99. The molecule has 0 aromatic carbocycles. The van der Waals surface area contributed by atoms with Gasteiger partial charge in [0.05, 0.1) is 11.4 Å². The average Bonchev–Trinajstić information content (AvgIpc) is 3.15. The van der Waals surface area contributed by atoms with Crippen molar-refractivity contribution in [2.75, 3.05) is 5.75 Å². The molecule has 0 spiro atoms. The lowest BCUT2D eigenvalue weighted by Gasteiger charge is -2.04. The summed E-state index contributed by atoms with van der Waals surface area (Å²) in [4.78, 5) is 19.2. The summed E-state index contributed by atoms with van der Waals surface area (Å²) >= 11 is 1.25. The molecule has 1 N–H and O–H groups in total. The van der Waals surface area contributed by atoms with Crippen molar-refractivity contribution >= 4 is 17.7 Å². The Morgan fingerprint density at radius 2 is 2.05 bits per heavy atom. The van der Waals surface area contributed by atoms with Crippen LogP contribution >= 0.6 is 11.8 Å². The van der Waals surface area contributed by atoms with Crippen molar-refractivity contribution in [2.24, 2.45) is 0 Å². The molecule has 1 fully saturated rings. The summed E-state index contributed by atoms with van der Waals surface area (Å²) < 4.78 is 1.65. The van der Waals surface area contributed by atoms with Crippen LogP contribution in [0.1, 0.15) is 37.3 Å². The van der Waals surface area contributed by atoms with E-state index in [0.29, 0.717) is 11.9 Å². The van der Waals surface area contributed by atoms with Crippen LogP contribution in [0.3, 0.4) is 0 Å². The Hall–Kier alpha value is -1.89. The molecule has 0 atom stereocenters. The Bertz CT molecular complexity index is 623. The first-order valence-electron chi connectivity index (χ1n) is 6.96. The molecule has 2 heterocycles. The third-order valence-electron chi connectivity index (χ3n) is 3.55. The minimum atomic E-state index is -0.843. The summed E-state index contributed by atoms with van der Waals surface area (Å²) in [6, 6.07) is 3.73. The number of hydrogen-bond donors (Lipinski definition) is 1. The predicted molar refractivity (Wildman–Crippen MR) is 78.7 cm³/mol. The zero-order chi connectivity index (χ0) is 14.7. The van der Waals surface area contributed by atoms with E-state index in [1.54, 1.807) is 23.1 Å². The van der Waals surface area contributed by atoms with Crippen molar-refractivity contribution in [3.8, 4) is 5.95 Å². The van der Waals surface area contributed by atoms with Crippen molar-refractivity contribution in [3.63, 3.8) is 0 Å². The summed E-state index contributed by atoms with van der Waals surface area (Å²) in [5, 5.41) is 14.3. The molecule has 1 aliphatic rings. The second kappa shape index (κ2) is 6.26. The molecule has 0 aliphatic heterocycles. The molecule has 1 saturated carbocycles. The number of carboxylic acids is 1. The minimum Gasteiger partial charge on any atom is -0.481 e. The van der Waals surface area contributed by atoms with Crippen LogP contribution in [0, 0.1) is 0 Å². The van der Waals surface area contributed by atoms with Crippen molar-refractivity contribution in [1.82, 2.24) is 19.7 Å². The third kappa shape index (κ3) is 3.24. The lowest BCUT2D eigenvalue weighted by molar-refractivity contribution is -0.133. The monoisotopic (exact) mass is 304 g/mol. The van der Waals surface area contributed by atoms with Crippen LogP contribution in [0.15, 0.2) is 29.6 Å². The topological polar surface area (TPSA) is 80.9 Å². The Morgan fingerprint density at radius 3 is 2.71 bits per heavy atom. The van der Waals surface area contributed by atoms with Gasteiger partial charge in [0.1, 0.15) is 5.03 Å². The number of rotatable bonds is 5. The fraction of sp³-hybridized carbons (Fsp3) is 0.429. The number of aromatic nitrogens is 4. The normalized spacial score (nSPS) is 15.4. The van der Waals surface area contributed by atoms with Gasteiger partial charge in [0.25, 0.3) is 5.95 Å². The van der Waals surface area contributed by atoms with Crippen LogP contribution in [-0.2, 0) is 4.79 Å². The van der Waals surface area contributed by atoms with Gasteiger partial charge in [0.15, 0.2) is 0 Å². The second-order valence-corrected chi connectivity index (χ2v) is 6.03. The average molecular weight is 304 g/mol. The van der Waals surface area contributed by atoms with E-state index in [0.717, 1.165) is 23.6 Å². The largest absolute Gasteiger partial charge is 0.481 e. The molecule has 2 aromatic rings. The molecule has 0 saturated heterocycles. The van der Waals surface area contributed by atoms with E-state index in [2.05, 4.69) is 15.1 Å². The first kappa shape index (κ1) is 14.1. The van der Waals surface area contributed by atoms with Gasteiger partial charge in [-0.1, -0.05) is 24.6 Å². The number of nitrogens with zero attached hydrogens (tertiary/aromatic N) is 4. The quantitative estimate of drug-likeness (QED) is 0.855. The molecule has 7 heteroatoms. The highest BCUT2D eigenvalue weighted by atomic mass is 32.2. The van der Waals surface area contributed by atoms with Crippen LogP contribution in [0.4, 0.5) is 0 Å². The molecular weight excluding hydrogens is 288 g/mol. The van der Waals surface area contributed by atoms with Gasteiger partial charge in [-0.25, -0.2) is 9.97 Å². The summed E-state index contributed by atoms with van der Waals surface area (Å²) in [6.45, 7) is 0. The smallest absolute Gasteiger partial charge is 0.313 e. The number of hydrogen-bond acceptors (Lipinski definition) is 5. The molecule has 0 radical (unpaired) electrons. The van der Waals surface area contributed by atoms with Crippen LogP contribution < -0.4 is 0 Å². The summed E-state index contributed by atoms with van der Waals surface area (Å²) in [5.74, 6) is 0.112. The Kier molecular flexibility index (Phi) is 4.19. The Labute approximate surface area is 126 Å². The lowest BCUT2D eigenvalue weighted by Crippen LogP contribution is -2.06. The molecule has 21 heavy (non-hydrogen) atoms. The van der Waals surface area contributed by atoms with E-state index in [9.17, 15) is 4.79 Å². The van der Waals surface area contributed by atoms with Crippen molar-refractivity contribution in [2.45, 2.75) is 36.6 Å². The van der Waals surface area contributed by atoms with Crippen LogP contribution in [0.25, 0.3) is 5.95 Å². The fourth-order valence-corrected chi connectivity index (χ4v) is 3.30. The van der Waals surface area contributed by atoms with Gasteiger partial charge in [0.2, 0.25) is 0 Å². The van der Waals surface area contributed by atoms with E-state index < -0.39 is 5.97 Å². The van der Waals surface area contributed by atoms with Gasteiger partial charge in [-0.05, 0) is 25.0 Å². The van der Waals surface area contributed by atoms with Gasteiger partial charge in [-0.3, -0.25) is 4.79 Å². The molecule has 3 rings (SSSR count). The Balaban J connectivity index is 1.93. The summed E-state index contributed by atoms with van der Waals surface area (Å²) in [5.41, 5.74) is 1.02. The second-order valence-electron chi connectivity index (χ2n) is 5.03. The highest BCUT2D eigenvalue weighted by Gasteiger charge is 2.22. The van der Waals surface area contributed by atoms with Crippen LogP contribution in [0.2, 0.25) is 0 Å². The highest BCUT2D eigenvalue weighted by Crippen LogP contribution is 2.35. The van der Waals surface area contributed by atoms with Crippen molar-refractivity contribution in [1.29, 1.82) is 0 Å². The maximum absolute atomic E-state index is 10.8. The summed E-state index contributed by atoms with van der Waals surface area (Å²) in [6.07, 6.45) is 8.08. The third-order valence-corrected chi connectivity index (χ3v) is 4.53. The van der Waals surface area contributed by atoms with Crippen molar-refractivity contribution < 1.29 is 9.90 Å². The molecule has 0 bridgehead atoms. The Morgan fingerprint density at radius 1 is 1.33 bits per heavy atom. The number of carboxylic acid groups (broad SMARTS) is 1. The van der Waals surface area contributed by atoms with Gasteiger partial charge < -0.3 is 5.11 Å². The van der Waals surface area contributed by atoms with Gasteiger partial charge in [-0.15, -0.1) is 0 Å². The lowest BCUT2D eigenvalue weighted by atomic mass is 10.1. The van der Waals surface area contributed by atoms with Crippen LogP contribution in [0.5, 0.6) is 0 Å². The standard InChI is InChI=1S/C14H16N4O2S/c19-13(20)9-21-12-8-11(10-4-1-2-5-10)17-18(12)14-15-6-3-7-16-14/h3,6-8,10H,1-2,4-5,9H2,(H,19,20). The molecule has 1 aliphatic carbocycles. The first-order chi connectivity index (χ1) is 10.2. The molecule has 6 nitrogen and oxygen atoms in total. The number of thioether (sulfide) groups is 1. The number of aliphatic carboxylic acids is 1. The number of carbonyl (C=O) groups is 1. The maximum Gasteiger partial charge on any atom is 0.313 e. The van der Waals surface area contributed by atoms with E-state index in [-0.39, 0.29) is 5.75 Å². The van der Waals surface area contributed by atoms with E-state index >= 15 is 0 Å². The fourth-order valence-electron chi connectivity index (χ4n) is 2.58. The molecule has 0 unspecified atom stereocenters. The van der Waals surface area contributed by atoms with E-state index in [1.165, 1.54) is 24.6 Å². The van der Waals surface area contributed by atoms with Crippen LogP contribution in [-0.4, -0.2) is 36.6 Å². The molecule has 110 valence electrons. The van der Waals surface area contributed by atoms with Crippen molar-refractivity contribution in [3.05, 3.63) is 30.2 Å². The zero-order valence-corrected chi connectivity index (χ0v) is 12.3. The van der Waals surface area contributed by atoms with Gasteiger partial charge >= 0.3 is 5.97 Å². The van der Waals surface area contributed by atoms with Gasteiger partial charge in [-0.2, -0.15) is 9.78 Å². The first-order valence-corrected chi connectivity index (χ1v) is 7.94. The zero-order valence-electron chi connectivity index (χ0n) is 11.5. The summed E-state index contributed by atoms with van der Waals surface area (Å²) in [7, 11) is 0. The van der Waals surface area contributed by atoms with E-state index in [4.69, 9.17) is 5.11 Å². The molecule has 2 aromatic heterocycles. The molecule has 0 amide bonds. The van der Waals surface area contributed by atoms with Gasteiger partial charge in [0, 0.05) is 18.3 Å². The predicted octanol–water partition coefficient (Wildman–Crippen LogP) is 2.50. The SMILES string of the molecule is O=C(O)CSc1cc(C2CCCC2)nn1-c1ncccn1.